The average Bonchev–Trinajstić information content (AvgIpc) is 3.03. The van der Waals surface area contributed by atoms with E-state index in [2.05, 4.69) is 15.8 Å². The van der Waals surface area contributed by atoms with Crippen molar-refractivity contribution in [1.29, 1.82) is 0 Å². The van der Waals surface area contributed by atoms with Crippen LogP contribution >= 0.6 is 12.2 Å². The van der Waals surface area contributed by atoms with Gasteiger partial charge < -0.3 is 14.5 Å². The predicted octanol–water partition coefficient (Wildman–Crippen LogP) is 2.86. The normalized spacial score (nSPS) is 10.6. The van der Waals surface area contributed by atoms with Crippen molar-refractivity contribution in [3.63, 3.8) is 0 Å². The van der Waals surface area contributed by atoms with Crippen LogP contribution in [-0.2, 0) is 4.74 Å². The zero-order valence-electron chi connectivity index (χ0n) is 13.8. The lowest BCUT2D eigenvalue weighted by molar-refractivity contribution is 0.0601. The zero-order valence-corrected chi connectivity index (χ0v) is 14.6. The van der Waals surface area contributed by atoms with Crippen LogP contribution in [0.15, 0.2) is 39.9 Å². The molecule has 0 unspecified atom stereocenters. The number of aryl methyl sites for hydroxylation is 1. The molecule has 7 heteroatoms. The number of furan rings is 1. The van der Waals surface area contributed by atoms with Gasteiger partial charge in [0.05, 0.1) is 18.9 Å². The van der Waals surface area contributed by atoms with Crippen molar-refractivity contribution in [3.05, 3.63) is 47.2 Å². The Bertz CT molecular complexity index is 768. The van der Waals surface area contributed by atoms with Gasteiger partial charge in [0, 0.05) is 12.1 Å². The molecule has 0 saturated heterocycles. The van der Waals surface area contributed by atoms with Crippen molar-refractivity contribution < 1.29 is 13.9 Å². The molecule has 0 amide bonds. The van der Waals surface area contributed by atoms with Crippen LogP contribution < -0.4 is 10.7 Å². The van der Waals surface area contributed by atoms with E-state index in [0.717, 1.165) is 17.7 Å². The number of nitrogens with zero attached hydrogens (tertiary/aromatic N) is 1. The van der Waals surface area contributed by atoms with E-state index in [1.54, 1.807) is 18.2 Å². The second-order valence-corrected chi connectivity index (χ2v) is 5.36. The number of hydrogen-bond acceptors (Lipinski definition) is 5. The lowest BCUT2D eigenvalue weighted by Crippen LogP contribution is -2.31. The van der Waals surface area contributed by atoms with E-state index in [1.807, 2.05) is 26.0 Å². The van der Waals surface area contributed by atoms with Gasteiger partial charge in [0.1, 0.15) is 11.5 Å². The highest BCUT2D eigenvalue weighted by Gasteiger charge is 2.12. The summed E-state index contributed by atoms with van der Waals surface area (Å²) in [7, 11) is 1.36. The van der Waals surface area contributed by atoms with Gasteiger partial charge in [-0.2, -0.15) is 5.10 Å². The summed E-state index contributed by atoms with van der Waals surface area (Å²) >= 11 is 5.01. The molecule has 2 rings (SSSR count). The standard InChI is InChI=1S/C17H19N3O3S/c1-4-18-17(24)20-19-10-13-7-8-15(23-13)14-9-12(16(21)22-3)6-5-11(14)2/h5-10H,4H2,1-3H3,(H2,18,20,24)/b19-10-. The number of hydrazone groups is 1. The van der Waals surface area contributed by atoms with E-state index in [1.165, 1.54) is 13.3 Å². The number of rotatable bonds is 5. The number of esters is 1. The maximum absolute atomic E-state index is 11.7. The zero-order chi connectivity index (χ0) is 17.5. The molecule has 1 aromatic carbocycles. The minimum Gasteiger partial charge on any atom is -0.465 e. The Hall–Kier alpha value is -2.67. The summed E-state index contributed by atoms with van der Waals surface area (Å²) in [4.78, 5) is 11.7. The Morgan fingerprint density at radius 2 is 2.17 bits per heavy atom. The fourth-order valence-corrected chi connectivity index (χ4v) is 2.25. The number of carbonyl (C=O) groups is 1. The van der Waals surface area contributed by atoms with Gasteiger partial charge in [0.2, 0.25) is 0 Å². The SMILES string of the molecule is CCNC(=S)N/N=C\c1ccc(-c2cc(C(=O)OC)ccc2C)o1. The molecular formula is C17H19N3O3S. The summed E-state index contributed by atoms with van der Waals surface area (Å²) in [5, 5.41) is 7.37. The summed E-state index contributed by atoms with van der Waals surface area (Å²) in [6, 6.07) is 8.95. The number of methoxy groups -OCH3 is 1. The van der Waals surface area contributed by atoms with E-state index in [-0.39, 0.29) is 5.97 Å². The summed E-state index contributed by atoms with van der Waals surface area (Å²) in [5.41, 5.74) is 4.99. The third-order valence-electron chi connectivity index (χ3n) is 3.25. The van der Waals surface area contributed by atoms with Crippen molar-refractivity contribution in [1.82, 2.24) is 10.7 Å². The van der Waals surface area contributed by atoms with Crippen LogP contribution in [0.4, 0.5) is 0 Å². The van der Waals surface area contributed by atoms with Crippen LogP contribution in [0.1, 0.15) is 28.6 Å². The van der Waals surface area contributed by atoms with Gasteiger partial charge in [-0.25, -0.2) is 4.79 Å². The molecule has 0 radical (unpaired) electrons. The Labute approximate surface area is 145 Å². The number of thiocarbonyl (C=S) groups is 1. The lowest BCUT2D eigenvalue weighted by Gasteiger charge is -2.05. The molecule has 6 nitrogen and oxygen atoms in total. The quantitative estimate of drug-likeness (QED) is 0.376. The van der Waals surface area contributed by atoms with Gasteiger partial charge in [-0.1, -0.05) is 6.07 Å². The van der Waals surface area contributed by atoms with Crippen LogP contribution in [0.3, 0.4) is 0 Å². The van der Waals surface area contributed by atoms with Gasteiger partial charge in [-0.3, -0.25) is 5.43 Å². The summed E-state index contributed by atoms with van der Waals surface area (Å²) in [5.74, 6) is 0.833. The van der Waals surface area contributed by atoms with Crippen molar-refractivity contribution in [3.8, 4) is 11.3 Å². The first kappa shape index (κ1) is 17.7. The molecule has 0 bridgehead atoms. The van der Waals surface area contributed by atoms with Crippen molar-refractivity contribution in [2.24, 2.45) is 5.10 Å². The third-order valence-corrected chi connectivity index (χ3v) is 3.48. The molecule has 1 heterocycles. The van der Waals surface area contributed by atoms with E-state index >= 15 is 0 Å². The highest BCUT2D eigenvalue weighted by molar-refractivity contribution is 7.80. The summed E-state index contributed by atoms with van der Waals surface area (Å²) in [6.07, 6.45) is 1.53. The number of carbonyl (C=O) groups excluding carboxylic acids is 1. The molecule has 0 spiro atoms. The van der Waals surface area contributed by atoms with Gasteiger partial charge in [-0.05, 0) is 55.9 Å². The summed E-state index contributed by atoms with van der Waals surface area (Å²) < 4.78 is 10.5. The van der Waals surface area contributed by atoms with Crippen LogP contribution in [0, 0.1) is 6.92 Å². The van der Waals surface area contributed by atoms with Crippen LogP contribution in [0.2, 0.25) is 0 Å². The molecule has 0 aliphatic heterocycles. The number of nitrogens with one attached hydrogen (secondary N) is 2. The summed E-state index contributed by atoms with van der Waals surface area (Å²) in [6.45, 7) is 4.62. The lowest BCUT2D eigenvalue weighted by atomic mass is 10.0. The monoisotopic (exact) mass is 345 g/mol. The van der Waals surface area contributed by atoms with E-state index in [4.69, 9.17) is 21.4 Å². The topological polar surface area (TPSA) is 75.9 Å². The average molecular weight is 345 g/mol. The largest absolute Gasteiger partial charge is 0.465 e. The fraction of sp³-hybridized carbons (Fsp3) is 0.235. The first-order valence-corrected chi connectivity index (χ1v) is 7.82. The van der Waals surface area contributed by atoms with Crippen LogP contribution in [0.5, 0.6) is 0 Å². The number of ether oxygens (including phenoxy) is 1. The minimum atomic E-state index is -0.384. The molecule has 126 valence electrons. The smallest absolute Gasteiger partial charge is 0.337 e. The highest BCUT2D eigenvalue weighted by Crippen LogP contribution is 2.26. The molecule has 2 aromatic rings. The maximum atomic E-state index is 11.7. The Balaban J connectivity index is 2.17. The van der Waals surface area contributed by atoms with E-state index in [9.17, 15) is 4.79 Å². The van der Waals surface area contributed by atoms with Crippen LogP contribution in [0.25, 0.3) is 11.3 Å². The molecule has 0 saturated carbocycles. The van der Waals surface area contributed by atoms with Crippen LogP contribution in [-0.4, -0.2) is 31.0 Å². The molecule has 0 atom stereocenters. The fourth-order valence-electron chi connectivity index (χ4n) is 2.05. The Kier molecular flexibility index (Phi) is 6.08. The third kappa shape index (κ3) is 4.42. The highest BCUT2D eigenvalue weighted by atomic mass is 32.1. The number of benzene rings is 1. The van der Waals surface area contributed by atoms with Gasteiger partial charge in [0.25, 0.3) is 0 Å². The Morgan fingerprint density at radius 3 is 2.88 bits per heavy atom. The van der Waals surface area contributed by atoms with Crippen molar-refractivity contribution in [2.75, 3.05) is 13.7 Å². The first-order chi connectivity index (χ1) is 11.5. The second-order valence-electron chi connectivity index (χ2n) is 4.95. The first-order valence-electron chi connectivity index (χ1n) is 7.41. The predicted molar refractivity (Wildman–Crippen MR) is 97.2 cm³/mol. The molecule has 1 aromatic heterocycles. The van der Waals surface area contributed by atoms with E-state index in [0.29, 0.717) is 22.2 Å². The van der Waals surface area contributed by atoms with Gasteiger partial charge in [0.15, 0.2) is 5.11 Å². The maximum Gasteiger partial charge on any atom is 0.337 e. The van der Waals surface area contributed by atoms with Gasteiger partial charge in [-0.15, -0.1) is 0 Å². The molecule has 0 fully saturated rings. The minimum absolute atomic E-state index is 0.384. The molecule has 24 heavy (non-hydrogen) atoms. The molecule has 2 N–H and O–H groups in total. The second kappa shape index (κ2) is 8.26. The van der Waals surface area contributed by atoms with E-state index < -0.39 is 0 Å². The molecule has 0 aliphatic carbocycles. The molecular weight excluding hydrogens is 326 g/mol. The molecule has 0 aliphatic rings. The Morgan fingerprint density at radius 1 is 1.38 bits per heavy atom. The van der Waals surface area contributed by atoms with Crippen molar-refractivity contribution >= 4 is 29.5 Å². The van der Waals surface area contributed by atoms with Crippen molar-refractivity contribution in [2.45, 2.75) is 13.8 Å². The van der Waals surface area contributed by atoms with Gasteiger partial charge >= 0.3 is 5.97 Å². The number of hydrogen-bond donors (Lipinski definition) is 2.